The number of aromatic nitrogens is 2. The van der Waals surface area contributed by atoms with Crippen LogP contribution in [0, 0.1) is 12.7 Å². The van der Waals surface area contributed by atoms with Crippen LogP contribution in [0.15, 0.2) is 52.2 Å². The summed E-state index contributed by atoms with van der Waals surface area (Å²) in [6.45, 7) is 2.01. The lowest BCUT2D eigenvalue weighted by atomic mass is 10.2. The van der Waals surface area contributed by atoms with Gasteiger partial charge in [-0.3, -0.25) is 4.79 Å². The van der Waals surface area contributed by atoms with Gasteiger partial charge in [-0.15, -0.1) is 11.3 Å². The Balaban J connectivity index is 1.34. The molecule has 0 atom stereocenters. The van der Waals surface area contributed by atoms with Crippen LogP contribution in [-0.2, 0) is 17.0 Å². The quantitative estimate of drug-likeness (QED) is 0.401. The topological polar surface area (TPSA) is 54.9 Å². The maximum Gasteiger partial charge on any atom is 0.232 e. The molecule has 0 aliphatic rings. The first-order chi connectivity index (χ1) is 13.6. The number of carbonyl (C=O) groups excluding carboxylic acids is 1. The molecule has 4 rings (SSSR count). The van der Waals surface area contributed by atoms with Crippen LogP contribution in [-0.4, -0.2) is 15.9 Å². The van der Waals surface area contributed by atoms with Gasteiger partial charge >= 0.3 is 0 Å². The maximum atomic E-state index is 13.0. The highest BCUT2D eigenvalue weighted by Gasteiger charge is 2.12. The Kier molecular flexibility index (Phi) is 5.70. The molecule has 2 aromatic carbocycles. The Morgan fingerprint density at radius 1 is 1.18 bits per heavy atom. The second-order valence-electron chi connectivity index (χ2n) is 6.19. The van der Waals surface area contributed by atoms with Gasteiger partial charge < -0.3 is 5.32 Å². The third-order valence-corrected chi connectivity index (χ3v) is 7.09. The second-order valence-corrected chi connectivity index (χ2v) is 9.30. The summed E-state index contributed by atoms with van der Waals surface area (Å²) in [6, 6.07) is 12.4. The molecule has 1 N–H and O–H groups in total. The summed E-state index contributed by atoms with van der Waals surface area (Å²) in [5, 5.41) is 5.38. The van der Waals surface area contributed by atoms with E-state index < -0.39 is 0 Å². The van der Waals surface area contributed by atoms with Crippen molar-refractivity contribution in [3.63, 3.8) is 0 Å². The van der Waals surface area contributed by atoms with E-state index in [1.165, 1.54) is 34.8 Å². The zero-order valence-electron chi connectivity index (χ0n) is 14.9. The van der Waals surface area contributed by atoms with E-state index in [4.69, 9.17) is 0 Å². The van der Waals surface area contributed by atoms with Crippen LogP contribution in [0.5, 0.6) is 0 Å². The number of aryl methyl sites for hydroxylation is 1. The molecule has 142 valence electrons. The van der Waals surface area contributed by atoms with Gasteiger partial charge in [0.25, 0.3) is 0 Å². The number of carbonyl (C=O) groups is 1. The fraction of sp³-hybridized carbons (Fsp3) is 0.150. The van der Waals surface area contributed by atoms with E-state index in [0.717, 1.165) is 31.4 Å². The van der Waals surface area contributed by atoms with Crippen LogP contribution in [0.25, 0.3) is 10.2 Å². The number of halogens is 1. The second kappa shape index (κ2) is 8.38. The van der Waals surface area contributed by atoms with Crippen molar-refractivity contribution < 1.29 is 9.18 Å². The minimum absolute atomic E-state index is 0.128. The van der Waals surface area contributed by atoms with Crippen molar-refractivity contribution in [3.8, 4) is 0 Å². The van der Waals surface area contributed by atoms with Crippen molar-refractivity contribution in [2.24, 2.45) is 0 Å². The molecule has 0 spiro atoms. The summed E-state index contributed by atoms with van der Waals surface area (Å²) in [7, 11) is 0. The van der Waals surface area contributed by atoms with Gasteiger partial charge in [0.2, 0.25) is 5.91 Å². The number of amides is 1. The van der Waals surface area contributed by atoms with Crippen molar-refractivity contribution in [2.45, 2.75) is 23.4 Å². The van der Waals surface area contributed by atoms with Crippen LogP contribution in [0.3, 0.4) is 0 Å². The SMILES string of the molecule is Cc1cccc2sc(NC(=O)Cc3csc(SCc4ccc(F)cc4)n3)nc12. The van der Waals surface area contributed by atoms with E-state index in [1.54, 1.807) is 23.9 Å². The Morgan fingerprint density at radius 3 is 2.79 bits per heavy atom. The van der Waals surface area contributed by atoms with Crippen LogP contribution in [0.1, 0.15) is 16.8 Å². The number of benzene rings is 2. The Labute approximate surface area is 173 Å². The largest absolute Gasteiger partial charge is 0.302 e. The van der Waals surface area contributed by atoms with Gasteiger partial charge in [-0.05, 0) is 36.2 Å². The summed E-state index contributed by atoms with van der Waals surface area (Å²) in [5.74, 6) is 0.349. The van der Waals surface area contributed by atoms with E-state index in [-0.39, 0.29) is 18.1 Å². The van der Waals surface area contributed by atoms with E-state index in [2.05, 4.69) is 15.3 Å². The number of nitrogens with zero attached hydrogens (tertiary/aromatic N) is 2. The maximum absolute atomic E-state index is 13.0. The molecule has 28 heavy (non-hydrogen) atoms. The van der Waals surface area contributed by atoms with E-state index >= 15 is 0 Å². The number of hydrogen-bond donors (Lipinski definition) is 1. The minimum atomic E-state index is -0.236. The van der Waals surface area contributed by atoms with Gasteiger partial charge in [-0.25, -0.2) is 14.4 Å². The van der Waals surface area contributed by atoms with E-state index in [1.807, 2.05) is 30.5 Å². The van der Waals surface area contributed by atoms with Crippen molar-refractivity contribution in [1.29, 1.82) is 0 Å². The third kappa shape index (κ3) is 4.57. The first-order valence-corrected chi connectivity index (χ1v) is 11.2. The first kappa shape index (κ1) is 19.0. The lowest BCUT2D eigenvalue weighted by Gasteiger charge is -1.99. The molecule has 2 aromatic heterocycles. The average Bonchev–Trinajstić information content (AvgIpc) is 3.28. The molecule has 1 amide bonds. The summed E-state index contributed by atoms with van der Waals surface area (Å²) in [5.41, 5.74) is 3.79. The summed E-state index contributed by atoms with van der Waals surface area (Å²) >= 11 is 4.56. The smallest absolute Gasteiger partial charge is 0.232 e. The molecule has 4 aromatic rings. The van der Waals surface area contributed by atoms with Gasteiger partial charge in [0.15, 0.2) is 5.13 Å². The normalized spacial score (nSPS) is 11.1. The molecule has 0 saturated carbocycles. The molecule has 0 aliphatic heterocycles. The van der Waals surface area contributed by atoms with Crippen molar-refractivity contribution in [1.82, 2.24) is 9.97 Å². The monoisotopic (exact) mass is 429 g/mol. The zero-order chi connectivity index (χ0) is 19.5. The highest BCUT2D eigenvalue weighted by atomic mass is 32.2. The number of thiazole rings is 2. The number of anilines is 1. The van der Waals surface area contributed by atoms with Crippen LogP contribution in [0.2, 0.25) is 0 Å². The van der Waals surface area contributed by atoms with Gasteiger partial charge in [0.05, 0.1) is 22.3 Å². The Morgan fingerprint density at radius 2 is 2.00 bits per heavy atom. The Bertz CT molecular complexity index is 1120. The number of hydrogen-bond acceptors (Lipinski definition) is 6. The molecular formula is C20H16FN3OS3. The van der Waals surface area contributed by atoms with Crippen molar-refractivity contribution in [2.75, 3.05) is 5.32 Å². The summed E-state index contributed by atoms with van der Waals surface area (Å²) in [6.07, 6.45) is 0.211. The summed E-state index contributed by atoms with van der Waals surface area (Å²) < 4.78 is 14.9. The number of para-hydroxylation sites is 1. The Hall–Kier alpha value is -2.29. The van der Waals surface area contributed by atoms with Crippen LogP contribution in [0.4, 0.5) is 9.52 Å². The molecular weight excluding hydrogens is 413 g/mol. The van der Waals surface area contributed by atoms with Gasteiger partial charge in [-0.1, -0.05) is 47.4 Å². The lowest BCUT2D eigenvalue weighted by Crippen LogP contribution is -2.14. The number of thioether (sulfide) groups is 1. The predicted octanol–water partition coefficient (Wildman–Crippen LogP) is 5.67. The van der Waals surface area contributed by atoms with Crippen molar-refractivity contribution in [3.05, 3.63) is 70.5 Å². The van der Waals surface area contributed by atoms with Crippen molar-refractivity contribution >= 4 is 55.7 Å². The number of nitrogens with one attached hydrogen (secondary N) is 1. The standard InChI is InChI=1S/C20H16FN3OS3/c1-12-3-2-4-16-18(12)24-19(28-16)23-17(25)9-15-11-27-20(22-15)26-10-13-5-7-14(21)8-6-13/h2-8,11H,9-10H2,1H3,(H,23,24,25). The molecule has 0 aliphatic carbocycles. The van der Waals surface area contributed by atoms with Gasteiger partial charge in [0.1, 0.15) is 10.2 Å². The van der Waals surface area contributed by atoms with Gasteiger partial charge in [0, 0.05) is 11.1 Å². The summed E-state index contributed by atoms with van der Waals surface area (Å²) in [4.78, 5) is 21.4. The van der Waals surface area contributed by atoms with Gasteiger partial charge in [-0.2, -0.15) is 0 Å². The van der Waals surface area contributed by atoms with Crippen LogP contribution < -0.4 is 5.32 Å². The lowest BCUT2D eigenvalue weighted by molar-refractivity contribution is -0.115. The molecule has 0 radical (unpaired) electrons. The number of rotatable bonds is 6. The molecule has 2 heterocycles. The first-order valence-electron chi connectivity index (χ1n) is 8.54. The molecule has 4 nitrogen and oxygen atoms in total. The molecule has 0 saturated heterocycles. The minimum Gasteiger partial charge on any atom is -0.302 e. The molecule has 0 fully saturated rings. The zero-order valence-corrected chi connectivity index (χ0v) is 17.4. The molecule has 0 unspecified atom stereocenters. The average molecular weight is 430 g/mol. The molecule has 8 heteroatoms. The fourth-order valence-electron chi connectivity index (χ4n) is 2.63. The van der Waals surface area contributed by atoms with Crippen LogP contribution >= 0.6 is 34.4 Å². The fourth-order valence-corrected chi connectivity index (χ4v) is 5.39. The third-order valence-electron chi connectivity index (χ3n) is 4.01. The van der Waals surface area contributed by atoms with E-state index in [0.29, 0.717) is 10.9 Å². The molecule has 0 bridgehead atoms. The number of fused-ring (bicyclic) bond motifs is 1. The van der Waals surface area contributed by atoms with E-state index in [9.17, 15) is 9.18 Å². The highest BCUT2D eigenvalue weighted by molar-refractivity contribution is 8.00. The highest BCUT2D eigenvalue weighted by Crippen LogP contribution is 2.29. The predicted molar refractivity (Wildman–Crippen MR) is 115 cm³/mol.